The zero-order chi connectivity index (χ0) is 15.9. The Morgan fingerprint density at radius 1 is 1.14 bits per heavy atom. The molecule has 1 aromatic carbocycles. The maximum Gasteiger partial charge on any atom is 0.222 e. The fourth-order valence-corrected chi connectivity index (χ4v) is 2.86. The van der Waals surface area contributed by atoms with Crippen molar-refractivity contribution >= 4 is 5.91 Å². The number of carbonyl (C=O) groups excluding carboxylic acids is 1. The Hall–Kier alpha value is -1.42. The van der Waals surface area contributed by atoms with Gasteiger partial charge in [0.25, 0.3) is 0 Å². The Balaban J connectivity index is 1.65. The van der Waals surface area contributed by atoms with Crippen molar-refractivity contribution in [1.29, 1.82) is 0 Å². The Morgan fingerprint density at radius 3 is 2.36 bits per heavy atom. The molecule has 0 N–H and O–H groups in total. The van der Waals surface area contributed by atoms with Gasteiger partial charge in [0, 0.05) is 32.6 Å². The Kier molecular flexibility index (Phi) is 6.37. The van der Waals surface area contributed by atoms with E-state index in [2.05, 4.69) is 18.7 Å². The highest BCUT2D eigenvalue weighted by Gasteiger charge is 2.20. The van der Waals surface area contributed by atoms with Gasteiger partial charge in [-0.1, -0.05) is 26.0 Å². The minimum Gasteiger partial charge on any atom is -0.340 e. The van der Waals surface area contributed by atoms with E-state index in [1.807, 2.05) is 17.0 Å². The van der Waals surface area contributed by atoms with Crippen LogP contribution in [0.15, 0.2) is 24.3 Å². The number of carbonyl (C=O) groups is 1. The van der Waals surface area contributed by atoms with Crippen molar-refractivity contribution < 1.29 is 9.18 Å². The molecule has 0 saturated carbocycles. The third-order valence-electron chi connectivity index (χ3n) is 4.16. The third-order valence-corrected chi connectivity index (χ3v) is 4.16. The fraction of sp³-hybridized carbons (Fsp3) is 0.611. The number of amides is 1. The number of nitrogens with zero attached hydrogens (tertiary/aromatic N) is 2. The van der Waals surface area contributed by atoms with Crippen molar-refractivity contribution in [2.75, 3.05) is 32.7 Å². The number of benzene rings is 1. The molecule has 0 atom stereocenters. The molecular formula is C18H27FN2O. The number of piperazine rings is 1. The van der Waals surface area contributed by atoms with Gasteiger partial charge in [-0.2, -0.15) is 0 Å². The summed E-state index contributed by atoms with van der Waals surface area (Å²) < 4.78 is 12.8. The van der Waals surface area contributed by atoms with E-state index in [4.69, 9.17) is 0 Å². The van der Waals surface area contributed by atoms with Gasteiger partial charge >= 0.3 is 0 Å². The van der Waals surface area contributed by atoms with Gasteiger partial charge in [0.1, 0.15) is 5.82 Å². The van der Waals surface area contributed by atoms with Crippen LogP contribution in [-0.2, 0) is 11.2 Å². The Labute approximate surface area is 133 Å². The van der Waals surface area contributed by atoms with Crippen LogP contribution in [0.3, 0.4) is 0 Å². The molecule has 1 aliphatic heterocycles. The van der Waals surface area contributed by atoms with Crippen LogP contribution >= 0.6 is 0 Å². The summed E-state index contributed by atoms with van der Waals surface area (Å²) >= 11 is 0. The van der Waals surface area contributed by atoms with Crippen molar-refractivity contribution in [2.45, 2.75) is 33.1 Å². The maximum atomic E-state index is 12.8. The van der Waals surface area contributed by atoms with Crippen LogP contribution in [0.2, 0.25) is 0 Å². The molecule has 2 rings (SSSR count). The average molecular weight is 306 g/mol. The van der Waals surface area contributed by atoms with Crippen molar-refractivity contribution in [1.82, 2.24) is 9.80 Å². The lowest BCUT2D eigenvalue weighted by molar-refractivity contribution is -0.133. The molecule has 0 unspecified atom stereocenters. The standard InChI is InChI=1S/C18H27FN2O/c1-15(2)14-18(22)21-12-10-20(11-13-21)9-3-4-16-5-7-17(19)8-6-16/h5-8,15H,3-4,9-14H2,1-2H3. The summed E-state index contributed by atoms with van der Waals surface area (Å²) in [7, 11) is 0. The van der Waals surface area contributed by atoms with Crippen LogP contribution in [0, 0.1) is 11.7 Å². The van der Waals surface area contributed by atoms with Crippen LogP contribution in [0.4, 0.5) is 4.39 Å². The fourth-order valence-electron chi connectivity index (χ4n) is 2.86. The predicted molar refractivity (Wildman–Crippen MR) is 87.2 cm³/mol. The van der Waals surface area contributed by atoms with Crippen LogP contribution in [-0.4, -0.2) is 48.4 Å². The topological polar surface area (TPSA) is 23.6 Å². The highest BCUT2D eigenvalue weighted by Crippen LogP contribution is 2.10. The minimum absolute atomic E-state index is 0.175. The molecule has 1 heterocycles. The lowest BCUT2D eigenvalue weighted by Crippen LogP contribution is -2.49. The van der Waals surface area contributed by atoms with Crippen molar-refractivity contribution in [3.05, 3.63) is 35.6 Å². The lowest BCUT2D eigenvalue weighted by Gasteiger charge is -2.35. The SMILES string of the molecule is CC(C)CC(=O)N1CCN(CCCc2ccc(F)cc2)CC1. The molecule has 1 saturated heterocycles. The normalized spacial score (nSPS) is 16.3. The van der Waals surface area contributed by atoms with Gasteiger partial charge in [-0.25, -0.2) is 4.39 Å². The molecule has 1 aromatic rings. The molecule has 0 aromatic heterocycles. The van der Waals surface area contributed by atoms with Crippen molar-refractivity contribution in [2.24, 2.45) is 5.92 Å². The van der Waals surface area contributed by atoms with E-state index >= 15 is 0 Å². The zero-order valence-corrected chi connectivity index (χ0v) is 13.7. The number of hydrogen-bond acceptors (Lipinski definition) is 2. The monoisotopic (exact) mass is 306 g/mol. The van der Waals surface area contributed by atoms with Crippen LogP contribution in [0.1, 0.15) is 32.3 Å². The zero-order valence-electron chi connectivity index (χ0n) is 13.7. The summed E-state index contributed by atoms with van der Waals surface area (Å²) in [5, 5.41) is 0. The van der Waals surface area contributed by atoms with E-state index in [1.54, 1.807) is 0 Å². The molecule has 0 spiro atoms. The molecule has 4 heteroatoms. The second-order valence-electron chi connectivity index (χ2n) is 6.55. The second-order valence-corrected chi connectivity index (χ2v) is 6.55. The first-order chi connectivity index (χ1) is 10.5. The highest BCUT2D eigenvalue weighted by molar-refractivity contribution is 5.76. The van der Waals surface area contributed by atoms with E-state index in [1.165, 1.54) is 17.7 Å². The molecule has 22 heavy (non-hydrogen) atoms. The number of hydrogen-bond donors (Lipinski definition) is 0. The third kappa shape index (κ3) is 5.41. The van der Waals surface area contributed by atoms with E-state index in [0.29, 0.717) is 18.2 Å². The van der Waals surface area contributed by atoms with E-state index in [0.717, 1.165) is 45.6 Å². The van der Waals surface area contributed by atoms with Gasteiger partial charge in [0.2, 0.25) is 5.91 Å². The van der Waals surface area contributed by atoms with Gasteiger partial charge in [-0.05, 0) is 43.0 Å². The van der Waals surface area contributed by atoms with Crippen LogP contribution in [0.5, 0.6) is 0 Å². The van der Waals surface area contributed by atoms with Crippen molar-refractivity contribution in [3.8, 4) is 0 Å². The minimum atomic E-state index is -0.175. The summed E-state index contributed by atoms with van der Waals surface area (Å²) in [5.74, 6) is 0.549. The number of halogens is 1. The summed E-state index contributed by atoms with van der Waals surface area (Å²) in [6.07, 6.45) is 2.71. The Morgan fingerprint density at radius 2 is 1.77 bits per heavy atom. The molecule has 1 fully saturated rings. The highest BCUT2D eigenvalue weighted by atomic mass is 19.1. The Bertz CT molecular complexity index is 464. The maximum absolute atomic E-state index is 12.8. The molecule has 3 nitrogen and oxygen atoms in total. The smallest absolute Gasteiger partial charge is 0.222 e. The van der Waals surface area contributed by atoms with Gasteiger partial charge in [0.15, 0.2) is 0 Å². The summed E-state index contributed by atoms with van der Waals surface area (Å²) in [6.45, 7) is 8.85. The van der Waals surface area contributed by atoms with Gasteiger partial charge in [-0.3, -0.25) is 9.69 Å². The molecule has 0 bridgehead atoms. The summed E-state index contributed by atoms with van der Waals surface area (Å²) in [4.78, 5) is 16.4. The average Bonchev–Trinajstić information content (AvgIpc) is 2.49. The lowest BCUT2D eigenvalue weighted by atomic mass is 10.1. The van der Waals surface area contributed by atoms with Gasteiger partial charge in [0.05, 0.1) is 0 Å². The molecule has 1 aliphatic rings. The second kappa shape index (κ2) is 8.28. The number of rotatable bonds is 6. The van der Waals surface area contributed by atoms with E-state index in [-0.39, 0.29) is 5.82 Å². The quantitative estimate of drug-likeness (QED) is 0.807. The first-order valence-corrected chi connectivity index (χ1v) is 8.29. The molecular weight excluding hydrogens is 279 g/mol. The largest absolute Gasteiger partial charge is 0.340 e. The molecule has 1 amide bonds. The van der Waals surface area contributed by atoms with Gasteiger partial charge < -0.3 is 4.90 Å². The summed E-state index contributed by atoms with van der Waals surface area (Å²) in [6, 6.07) is 6.76. The van der Waals surface area contributed by atoms with Crippen molar-refractivity contribution in [3.63, 3.8) is 0 Å². The molecule has 122 valence electrons. The van der Waals surface area contributed by atoms with E-state index < -0.39 is 0 Å². The first kappa shape index (κ1) is 16.9. The van der Waals surface area contributed by atoms with Gasteiger partial charge in [-0.15, -0.1) is 0 Å². The van der Waals surface area contributed by atoms with Crippen LogP contribution < -0.4 is 0 Å². The number of aryl methyl sites for hydroxylation is 1. The first-order valence-electron chi connectivity index (χ1n) is 8.29. The predicted octanol–water partition coefficient (Wildman–Crippen LogP) is 2.95. The van der Waals surface area contributed by atoms with Crippen LogP contribution in [0.25, 0.3) is 0 Å². The van der Waals surface area contributed by atoms with E-state index in [9.17, 15) is 9.18 Å². The summed E-state index contributed by atoms with van der Waals surface area (Å²) in [5.41, 5.74) is 1.19. The molecule has 0 radical (unpaired) electrons. The molecule has 0 aliphatic carbocycles.